The van der Waals surface area contributed by atoms with Crippen LogP contribution in [-0.2, 0) is 6.54 Å². The Kier molecular flexibility index (Phi) is 4.45. The number of halogens is 1. The summed E-state index contributed by atoms with van der Waals surface area (Å²) in [7, 11) is 1.61. The van der Waals surface area contributed by atoms with Gasteiger partial charge in [-0.3, -0.25) is 4.79 Å². The summed E-state index contributed by atoms with van der Waals surface area (Å²) in [6.07, 6.45) is 0. The van der Waals surface area contributed by atoms with E-state index in [1.165, 1.54) is 10.4 Å². The van der Waals surface area contributed by atoms with E-state index in [2.05, 4.69) is 29.0 Å². The van der Waals surface area contributed by atoms with Gasteiger partial charge in [-0.25, -0.2) is 0 Å². The summed E-state index contributed by atoms with van der Waals surface area (Å²) < 4.78 is 0. The van der Waals surface area contributed by atoms with Gasteiger partial charge in [-0.05, 0) is 42.1 Å². The quantitative estimate of drug-likeness (QED) is 0.903. The third-order valence-electron chi connectivity index (χ3n) is 2.86. The minimum atomic E-state index is -0.118. The maximum Gasteiger partial charge on any atom is 0.251 e. The van der Waals surface area contributed by atoms with E-state index >= 15 is 0 Å². The van der Waals surface area contributed by atoms with Gasteiger partial charge in [0.15, 0.2) is 0 Å². The van der Waals surface area contributed by atoms with Gasteiger partial charge in [0.25, 0.3) is 5.91 Å². The van der Waals surface area contributed by atoms with E-state index in [1.54, 1.807) is 36.6 Å². The molecule has 1 aromatic carbocycles. The second-order valence-corrected chi connectivity index (χ2v) is 5.56. The van der Waals surface area contributed by atoms with Crippen LogP contribution in [-0.4, -0.2) is 13.0 Å². The van der Waals surface area contributed by atoms with E-state index in [-0.39, 0.29) is 5.91 Å². The Labute approximate surface area is 121 Å². The Bertz CT molecular complexity index is 595. The van der Waals surface area contributed by atoms with Gasteiger partial charge < -0.3 is 10.6 Å². The van der Waals surface area contributed by atoms with Crippen molar-refractivity contribution in [3.63, 3.8) is 0 Å². The molecular weight excluding hydrogens is 280 g/mol. The van der Waals surface area contributed by atoms with Gasteiger partial charge in [-0.2, -0.15) is 0 Å². The summed E-state index contributed by atoms with van der Waals surface area (Å²) in [5.41, 5.74) is 2.63. The van der Waals surface area contributed by atoms with E-state index in [4.69, 9.17) is 11.6 Å². The van der Waals surface area contributed by atoms with Crippen LogP contribution >= 0.6 is 22.9 Å². The molecule has 2 N–H and O–H groups in total. The number of amides is 1. The lowest BCUT2D eigenvalue weighted by molar-refractivity contribution is 0.0963. The number of thiophene rings is 1. The molecule has 1 aromatic heterocycles. The summed E-state index contributed by atoms with van der Waals surface area (Å²) in [6.45, 7) is 2.79. The number of hydrogen-bond acceptors (Lipinski definition) is 3. The maximum atomic E-state index is 11.6. The standard InChI is InChI=1S/C14H15ClN2OS/c1-9-5-6-19-13(9)8-17-12-7-10(14(18)16-2)3-4-11(12)15/h3-7,17H,8H2,1-2H3,(H,16,18). The molecule has 5 heteroatoms. The summed E-state index contributed by atoms with van der Waals surface area (Å²) in [6, 6.07) is 7.30. The van der Waals surface area contributed by atoms with Gasteiger partial charge in [-0.1, -0.05) is 11.6 Å². The highest BCUT2D eigenvalue weighted by Crippen LogP contribution is 2.25. The number of benzene rings is 1. The van der Waals surface area contributed by atoms with Crippen molar-refractivity contribution >= 4 is 34.5 Å². The zero-order valence-electron chi connectivity index (χ0n) is 10.8. The fourth-order valence-corrected chi connectivity index (χ4v) is 2.74. The highest BCUT2D eigenvalue weighted by molar-refractivity contribution is 7.10. The number of carbonyl (C=O) groups excluding carboxylic acids is 1. The average molecular weight is 295 g/mol. The fourth-order valence-electron chi connectivity index (χ4n) is 1.71. The third kappa shape index (κ3) is 3.28. The molecule has 0 spiro atoms. The second-order valence-electron chi connectivity index (χ2n) is 4.15. The van der Waals surface area contributed by atoms with Crippen molar-refractivity contribution in [1.29, 1.82) is 0 Å². The van der Waals surface area contributed by atoms with Crippen molar-refractivity contribution in [2.75, 3.05) is 12.4 Å². The van der Waals surface area contributed by atoms with Gasteiger partial charge in [0.2, 0.25) is 0 Å². The van der Waals surface area contributed by atoms with Gasteiger partial charge in [0.05, 0.1) is 10.7 Å². The first-order valence-electron chi connectivity index (χ1n) is 5.90. The van der Waals surface area contributed by atoms with Crippen LogP contribution in [0.4, 0.5) is 5.69 Å². The van der Waals surface area contributed by atoms with E-state index in [0.29, 0.717) is 17.1 Å². The van der Waals surface area contributed by atoms with Crippen LogP contribution in [0, 0.1) is 6.92 Å². The zero-order chi connectivity index (χ0) is 13.8. The van der Waals surface area contributed by atoms with Crippen LogP contribution in [0.25, 0.3) is 0 Å². The maximum absolute atomic E-state index is 11.6. The molecule has 0 radical (unpaired) electrons. The molecule has 2 aromatic rings. The molecule has 19 heavy (non-hydrogen) atoms. The highest BCUT2D eigenvalue weighted by Gasteiger charge is 2.08. The first-order chi connectivity index (χ1) is 9.11. The minimum absolute atomic E-state index is 0.118. The predicted molar refractivity (Wildman–Crippen MR) is 81.2 cm³/mol. The van der Waals surface area contributed by atoms with Crippen molar-refractivity contribution in [1.82, 2.24) is 5.32 Å². The number of hydrogen-bond donors (Lipinski definition) is 2. The van der Waals surface area contributed by atoms with Gasteiger partial charge in [0, 0.05) is 24.0 Å². The van der Waals surface area contributed by atoms with Crippen molar-refractivity contribution < 1.29 is 4.79 Å². The number of anilines is 1. The molecular formula is C14H15ClN2OS. The average Bonchev–Trinajstić information content (AvgIpc) is 2.82. The molecule has 3 nitrogen and oxygen atoms in total. The van der Waals surface area contributed by atoms with Crippen LogP contribution in [0.2, 0.25) is 5.02 Å². The Balaban J connectivity index is 2.15. The van der Waals surface area contributed by atoms with Crippen LogP contribution in [0.1, 0.15) is 20.8 Å². The lowest BCUT2D eigenvalue weighted by atomic mass is 10.2. The van der Waals surface area contributed by atoms with Crippen molar-refractivity contribution in [3.05, 3.63) is 50.7 Å². The van der Waals surface area contributed by atoms with Gasteiger partial charge >= 0.3 is 0 Å². The molecule has 100 valence electrons. The Morgan fingerprint density at radius 1 is 1.37 bits per heavy atom. The molecule has 0 aliphatic carbocycles. The van der Waals surface area contributed by atoms with Crippen molar-refractivity contribution in [2.45, 2.75) is 13.5 Å². The normalized spacial score (nSPS) is 10.3. The molecule has 1 heterocycles. The smallest absolute Gasteiger partial charge is 0.251 e. The zero-order valence-corrected chi connectivity index (χ0v) is 12.4. The second kappa shape index (κ2) is 6.08. The van der Waals surface area contributed by atoms with Crippen LogP contribution < -0.4 is 10.6 Å². The number of aryl methyl sites for hydroxylation is 1. The molecule has 0 unspecified atom stereocenters. The molecule has 0 saturated carbocycles. The molecule has 0 aliphatic heterocycles. The Morgan fingerprint density at radius 3 is 2.79 bits per heavy atom. The molecule has 2 rings (SSSR count). The SMILES string of the molecule is CNC(=O)c1ccc(Cl)c(NCc2sccc2C)c1. The number of carbonyl (C=O) groups is 1. The monoisotopic (exact) mass is 294 g/mol. The topological polar surface area (TPSA) is 41.1 Å². The summed E-state index contributed by atoms with van der Waals surface area (Å²) in [4.78, 5) is 12.8. The summed E-state index contributed by atoms with van der Waals surface area (Å²) >= 11 is 7.84. The number of rotatable bonds is 4. The summed E-state index contributed by atoms with van der Waals surface area (Å²) in [5.74, 6) is -0.118. The van der Waals surface area contributed by atoms with Crippen LogP contribution in [0.5, 0.6) is 0 Å². The lowest BCUT2D eigenvalue weighted by Gasteiger charge is -2.10. The van der Waals surface area contributed by atoms with Gasteiger partial charge in [0.1, 0.15) is 0 Å². The third-order valence-corrected chi connectivity index (χ3v) is 4.22. The minimum Gasteiger partial charge on any atom is -0.379 e. The number of nitrogens with one attached hydrogen (secondary N) is 2. The van der Waals surface area contributed by atoms with E-state index in [1.807, 2.05) is 0 Å². The molecule has 0 saturated heterocycles. The van der Waals surface area contributed by atoms with E-state index < -0.39 is 0 Å². The molecule has 0 bridgehead atoms. The van der Waals surface area contributed by atoms with E-state index in [0.717, 1.165) is 5.69 Å². The first-order valence-corrected chi connectivity index (χ1v) is 7.16. The Morgan fingerprint density at radius 2 is 2.16 bits per heavy atom. The Hall–Kier alpha value is -1.52. The molecule has 0 fully saturated rings. The fraction of sp³-hybridized carbons (Fsp3) is 0.214. The van der Waals surface area contributed by atoms with Crippen LogP contribution in [0.3, 0.4) is 0 Å². The van der Waals surface area contributed by atoms with Crippen molar-refractivity contribution in [3.8, 4) is 0 Å². The van der Waals surface area contributed by atoms with Crippen molar-refractivity contribution in [2.24, 2.45) is 0 Å². The molecule has 1 amide bonds. The predicted octanol–water partition coefficient (Wildman–Crippen LogP) is 3.68. The van der Waals surface area contributed by atoms with Crippen LogP contribution in [0.15, 0.2) is 29.6 Å². The van der Waals surface area contributed by atoms with E-state index in [9.17, 15) is 4.79 Å². The molecule has 0 atom stereocenters. The lowest BCUT2D eigenvalue weighted by Crippen LogP contribution is -2.17. The van der Waals surface area contributed by atoms with Gasteiger partial charge in [-0.15, -0.1) is 11.3 Å². The summed E-state index contributed by atoms with van der Waals surface area (Å²) in [5, 5.41) is 8.55. The largest absolute Gasteiger partial charge is 0.379 e. The highest BCUT2D eigenvalue weighted by atomic mass is 35.5. The molecule has 0 aliphatic rings. The first kappa shape index (κ1) is 13.9.